The van der Waals surface area contributed by atoms with Crippen LogP contribution in [0.1, 0.15) is 27.9 Å². The minimum Gasteiger partial charge on any atom is -0.385 e. The first-order valence-electron chi connectivity index (χ1n) is 10.0. The molecule has 0 saturated carbocycles. The molecule has 2 heterocycles. The van der Waals surface area contributed by atoms with Gasteiger partial charge in [0.15, 0.2) is 5.65 Å². The summed E-state index contributed by atoms with van der Waals surface area (Å²) >= 11 is 0. The fraction of sp³-hybridized carbons (Fsp3) is 0.217. The normalized spacial score (nSPS) is 11.5. The molecule has 1 amide bonds. The van der Waals surface area contributed by atoms with Crippen molar-refractivity contribution in [1.82, 2.24) is 20.0 Å². The third kappa shape index (κ3) is 4.24. The molecule has 3 N–H and O–H groups in total. The maximum Gasteiger partial charge on any atom is 0.257 e. The van der Waals surface area contributed by atoms with E-state index in [-0.39, 0.29) is 17.3 Å². The second kappa shape index (κ2) is 8.93. The minimum absolute atomic E-state index is 0.193. The number of ether oxygens (including phenoxy) is 1. The molecule has 4 rings (SSSR count). The molecular weight excluding hydrogens is 392 g/mol. The molecule has 0 spiro atoms. The number of rotatable bonds is 7. The van der Waals surface area contributed by atoms with Crippen molar-refractivity contribution in [2.75, 3.05) is 26.0 Å². The van der Waals surface area contributed by atoms with Crippen molar-refractivity contribution in [3.8, 4) is 0 Å². The van der Waals surface area contributed by atoms with Crippen LogP contribution in [0.25, 0.3) is 22.2 Å². The number of fused-ring (bicyclic) bond motifs is 2. The highest BCUT2D eigenvalue weighted by molar-refractivity contribution is 6.10. The van der Waals surface area contributed by atoms with E-state index >= 15 is 0 Å². The number of nitrogens with zero attached hydrogens (tertiary/aromatic N) is 4. The second-order valence-electron chi connectivity index (χ2n) is 7.22. The zero-order valence-corrected chi connectivity index (χ0v) is 17.5. The third-order valence-electron chi connectivity index (χ3n) is 4.88. The van der Waals surface area contributed by atoms with E-state index in [0.717, 1.165) is 11.1 Å². The molecule has 0 saturated heterocycles. The Hall–Kier alpha value is -3.78. The summed E-state index contributed by atoms with van der Waals surface area (Å²) in [7, 11) is 1.63. The van der Waals surface area contributed by atoms with Gasteiger partial charge in [0.1, 0.15) is 16.9 Å². The number of carbonyl (C=O) groups is 1. The Morgan fingerprint density at radius 2 is 1.97 bits per heavy atom. The van der Waals surface area contributed by atoms with Gasteiger partial charge in [-0.25, -0.2) is 9.97 Å². The highest BCUT2D eigenvalue weighted by Gasteiger charge is 2.23. The lowest BCUT2D eigenvalue weighted by Crippen LogP contribution is -2.26. The van der Waals surface area contributed by atoms with Crippen LogP contribution in [0, 0.1) is 6.92 Å². The molecule has 0 radical (unpaired) electrons. The molecule has 2 aromatic carbocycles. The second-order valence-corrected chi connectivity index (χ2v) is 7.22. The maximum atomic E-state index is 12.9. The summed E-state index contributed by atoms with van der Waals surface area (Å²) in [5.74, 6) is -0.119. The SMILES string of the molecule is COCCCNC(=O)c1c(N)n(/N=C/c2cccc(C)c2)c2nc3ccccc3nc12. The highest BCUT2D eigenvalue weighted by atomic mass is 16.5. The molecule has 0 unspecified atom stereocenters. The van der Waals surface area contributed by atoms with Gasteiger partial charge in [0.05, 0.1) is 17.2 Å². The van der Waals surface area contributed by atoms with Crippen molar-refractivity contribution in [3.05, 3.63) is 65.2 Å². The molecule has 158 valence electrons. The summed E-state index contributed by atoms with van der Waals surface area (Å²) < 4.78 is 6.51. The van der Waals surface area contributed by atoms with Crippen LogP contribution < -0.4 is 11.1 Å². The van der Waals surface area contributed by atoms with Crippen LogP contribution in [0.4, 0.5) is 5.82 Å². The predicted octanol–water partition coefficient (Wildman–Crippen LogP) is 3.12. The van der Waals surface area contributed by atoms with Crippen LogP contribution in [0.3, 0.4) is 0 Å². The fourth-order valence-electron chi connectivity index (χ4n) is 3.37. The number of hydrogen-bond acceptors (Lipinski definition) is 6. The standard InChI is InChI=1S/C23H24N6O2/c1-15-7-5-8-16(13-15)14-26-29-21(24)19(23(30)25-11-6-12-31-2)20-22(29)28-18-10-4-3-9-17(18)27-20/h3-5,7-10,13-14H,6,11-12,24H2,1-2H3,(H,25,30)/b26-14+. The molecule has 0 aliphatic carbocycles. The minimum atomic E-state index is -0.312. The van der Waals surface area contributed by atoms with Crippen LogP contribution in [0.5, 0.6) is 0 Å². The highest BCUT2D eigenvalue weighted by Crippen LogP contribution is 2.27. The summed E-state index contributed by atoms with van der Waals surface area (Å²) in [6, 6.07) is 15.4. The molecule has 8 nitrogen and oxygen atoms in total. The number of nitrogens with two attached hydrogens (primary N) is 1. The van der Waals surface area contributed by atoms with Crippen LogP contribution in [0.2, 0.25) is 0 Å². The Morgan fingerprint density at radius 1 is 1.19 bits per heavy atom. The van der Waals surface area contributed by atoms with E-state index in [2.05, 4.69) is 20.4 Å². The van der Waals surface area contributed by atoms with Crippen molar-refractivity contribution < 1.29 is 9.53 Å². The molecule has 4 aromatic rings. The molecule has 2 aromatic heterocycles. The van der Waals surface area contributed by atoms with E-state index in [1.165, 1.54) is 4.68 Å². The average molecular weight is 416 g/mol. The summed E-state index contributed by atoms with van der Waals surface area (Å²) in [6.45, 7) is 3.04. The van der Waals surface area contributed by atoms with Crippen LogP contribution in [0.15, 0.2) is 53.6 Å². The maximum absolute atomic E-state index is 12.9. The molecule has 0 bridgehead atoms. The lowest BCUT2D eigenvalue weighted by atomic mass is 10.2. The Kier molecular flexibility index (Phi) is 5.90. The predicted molar refractivity (Wildman–Crippen MR) is 122 cm³/mol. The van der Waals surface area contributed by atoms with Crippen LogP contribution >= 0.6 is 0 Å². The summed E-state index contributed by atoms with van der Waals surface area (Å²) in [5, 5.41) is 7.41. The lowest BCUT2D eigenvalue weighted by Gasteiger charge is -2.05. The monoisotopic (exact) mass is 416 g/mol. The van der Waals surface area contributed by atoms with Crippen LogP contribution in [-0.2, 0) is 4.74 Å². The Bertz CT molecular complexity index is 1280. The van der Waals surface area contributed by atoms with Gasteiger partial charge in [-0.05, 0) is 31.0 Å². The Balaban J connectivity index is 1.81. The van der Waals surface area contributed by atoms with Crippen molar-refractivity contribution in [2.24, 2.45) is 5.10 Å². The molecule has 0 atom stereocenters. The number of para-hydroxylation sites is 2. The van der Waals surface area contributed by atoms with E-state index in [1.54, 1.807) is 13.3 Å². The smallest absolute Gasteiger partial charge is 0.257 e. The Labute approximate surface area is 179 Å². The van der Waals surface area contributed by atoms with Gasteiger partial charge >= 0.3 is 0 Å². The van der Waals surface area contributed by atoms with E-state index in [1.807, 2.05) is 55.5 Å². The Morgan fingerprint density at radius 3 is 2.71 bits per heavy atom. The number of aromatic nitrogens is 3. The van der Waals surface area contributed by atoms with Gasteiger partial charge in [0.2, 0.25) is 0 Å². The van der Waals surface area contributed by atoms with Gasteiger partial charge in [0, 0.05) is 20.3 Å². The molecular formula is C23H24N6O2. The molecule has 0 aliphatic rings. The first-order valence-corrected chi connectivity index (χ1v) is 10.0. The summed E-state index contributed by atoms with van der Waals surface area (Å²) in [6.07, 6.45) is 2.39. The lowest BCUT2D eigenvalue weighted by molar-refractivity contribution is 0.0951. The first-order chi connectivity index (χ1) is 15.1. The third-order valence-corrected chi connectivity index (χ3v) is 4.88. The van der Waals surface area contributed by atoms with E-state index in [0.29, 0.717) is 41.8 Å². The largest absolute Gasteiger partial charge is 0.385 e. The number of methoxy groups -OCH3 is 1. The summed E-state index contributed by atoms with van der Waals surface area (Å²) in [4.78, 5) is 22.3. The van der Waals surface area contributed by atoms with Crippen molar-refractivity contribution in [3.63, 3.8) is 0 Å². The fourth-order valence-corrected chi connectivity index (χ4v) is 3.37. The van der Waals surface area contributed by atoms with Crippen molar-refractivity contribution >= 4 is 40.1 Å². The van der Waals surface area contributed by atoms with Crippen molar-refractivity contribution in [1.29, 1.82) is 0 Å². The van der Waals surface area contributed by atoms with Gasteiger partial charge in [-0.15, -0.1) is 0 Å². The number of carbonyl (C=O) groups excluding carboxylic acids is 1. The molecule has 31 heavy (non-hydrogen) atoms. The van der Waals surface area contributed by atoms with Gasteiger partial charge in [-0.3, -0.25) is 4.79 Å². The topological polar surface area (TPSA) is 107 Å². The average Bonchev–Trinajstić information content (AvgIpc) is 3.04. The molecule has 8 heteroatoms. The van der Waals surface area contributed by atoms with E-state index in [9.17, 15) is 4.79 Å². The van der Waals surface area contributed by atoms with Gasteiger partial charge in [-0.2, -0.15) is 9.78 Å². The number of nitrogens with one attached hydrogen (secondary N) is 1. The van der Waals surface area contributed by atoms with Gasteiger partial charge in [-0.1, -0.05) is 42.0 Å². The number of nitrogen functional groups attached to an aromatic ring is 1. The summed E-state index contributed by atoms with van der Waals surface area (Å²) in [5.41, 5.74) is 10.9. The van der Waals surface area contributed by atoms with E-state index in [4.69, 9.17) is 10.5 Å². The zero-order valence-electron chi connectivity index (χ0n) is 17.5. The quantitative estimate of drug-likeness (QED) is 0.356. The first kappa shape index (κ1) is 20.5. The van der Waals surface area contributed by atoms with Gasteiger partial charge in [0.25, 0.3) is 5.91 Å². The number of aryl methyl sites for hydroxylation is 1. The zero-order chi connectivity index (χ0) is 21.8. The van der Waals surface area contributed by atoms with E-state index < -0.39 is 0 Å². The number of benzene rings is 2. The van der Waals surface area contributed by atoms with Crippen molar-refractivity contribution in [2.45, 2.75) is 13.3 Å². The van der Waals surface area contributed by atoms with Gasteiger partial charge < -0.3 is 15.8 Å². The molecule has 0 aliphatic heterocycles. The number of hydrogen-bond donors (Lipinski definition) is 2. The number of anilines is 1. The number of amides is 1. The molecule has 0 fully saturated rings. The van der Waals surface area contributed by atoms with Crippen LogP contribution in [-0.4, -0.2) is 47.0 Å².